The summed E-state index contributed by atoms with van der Waals surface area (Å²) in [5, 5.41) is 15.6. The number of aromatic nitrogens is 1. The Morgan fingerprint density at radius 1 is 1.30 bits per heavy atom. The molecule has 2 heterocycles. The standard InChI is InChI=1S/C16H16N4/c17-9-13-5-6-14(10-19-13)20-11-16-15-4-2-1-3-12(15)7-8-18-16/h1-6,10,16,18,20H,7-8,11H2. The predicted octanol–water partition coefficient (Wildman–Crippen LogP) is 2.25. The SMILES string of the molecule is N#Cc1ccc(NCC2NCCc3ccccc32)cn1. The zero-order chi connectivity index (χ0) is 13.8. The molecule has 0 saturated heterocycles. The van der Waals surface area contributed by atoms with Crippen LogP contribution in [0.3, 0.4) is 0 Å². The number of fused-ring (bicyclic) bond motifs is 1. The third kappa shape index (κ3) is 2.63. The van der Waals surface area contributed by atoms with Crippen molar-refractivity contribution in [3.8, 4) is 6.07 Å². The van der Waals surface area contributed by atoms with E-state index in [1.54, 1.807) is 12.3 Å². The molecule has 20 heavy (non-hydrogen) atoms. The highest BCUT2D eigenvalue weighted by Crippen LogP contribution is 2.22. The van der Waals surface area contributed by atoms with Crippen molar-refractivity contribution in [2.45, 2.75) is 12.5 Å². The lowest BCUT2D eigenvalue weighted by Gasteiger charge is -2.27. The Hall–Kier alpha value is -2.38. The summed E-state index contributed by atoms with van der Waals surface area (Å²) in [6.45, 7) is 1.82. The van der Waals surface area contributed by atoms with Crippen LogP contribution in [-0.2, 0) is 6.42 Å². The van der Waals surface area contributed by atoms with Crippen LogP contribution in [-0.4, -0.2) is 18.1 Å². The van der Waals surface area contributed by atoms with E-state index in [0.717, 1.165) is 25.2 Å². The smallest absolute Gasteiger partial charge is 0.140 e. The number of hydrogen-bond acceptors (Lipinski definition) is 4. The summed E-state index contributed by atoms with van der Waals surface area (Å²) in [6, 6.07) is 14.5. The highest BCUT2D eigenvalue weighted by molar-refractivity contribution is 5.43. The maximum absolute atomic E-state index is 8.73. The van der Waals surface area contributed by atoms with E-state index >= 15 is 0 Å². The molecule has 1 atom stereocenters. The van der Waals surface area contributed by atoms with Crippen LogP contribution < -0.4 is 10.6 Å². The van der Waals surface area contributed by atoms with Gasteiger partial charge >= 0.3 is 0 Å². The zero-order valence-electron chi connectivity index (χ0n) is 11.1. The van der Waals surface area contributed by atoms with E-state index < -0.39 is 0 Å². The van der Waals surface area contributed by atoms with Crippen LogP contribution in [0.25, 0.3) is 0 Å². The van der Waals surface area contributed by atoms with Crippen LogP contribution in [0.1, 0.15) is 22.9 Å². The topological polar surface area (TPSA) is 60.7 Å². The zero-order valence-corrected chi connectivity index (χ0v) is 11.1. The van der Waals surface area contributed by atoms with E-state index in [4.69, 9.17) is 5.26 Å². The molecule has 4 heteroatoms. The Morgan fingerprint density at radius 2 is 2.20 bits per heavy atom. The number of nitrogens with one attached hydrogen (secondary N) is 2. The number of nitrogens with zero attached hydrogens (tertiary/aromatic N) is 2. The summed E-state index contributed by atoms with van der Waals surface area (Å²) < 4.78 is 0. The molecule has 2 aromatic rings. The average molecular weight is 264 g/mol. The van der Waals surface area contributed by atoms with Gasteiger partial charge in [-0.15, -0.1) is 0 Å². The lowest BCUT2D eigenvalue weighted by atomic mass is 9.94. The summed E-state index contributed by atoms with van der Waals surface area (Å²) in [7, 11) is 0. The summed E-state index contributed by atoms with van der Waals surface area (Å²) in [4.78, 5) is 4.06. The molecule has 1 aromatic heterocycles. The summed E-state index contributed by atoms with van der Waals surface area (Å²) in [5.74, 6) is 0. The van der Waals surface area contributed by atoms with E-state index in [1.807, 2.05) is 12.1 Å². The number of nitriles is 1. The molecule has 1 aliphatic heterocycles. The van der Waals surface area contributed by atoms with Gasteiger partial charge in [-0.1, -0.05) is 24.3 Å². The number of hydrogen-bond donors (Lipinski definition) is 2. The number of anilines is 1. The van der Waals surface area contributed by atoms with Gasteiger partial charge in [0.25, 0.3) is 0 Å². The third-order valence-electron chi connectivity index (χ3n) is 3.60. The molecular weight excluding hydrogens is 248 g/mol. The molecule has 1 unspecified atom stereocenters. The Labute approximate surface area is 118 Å². The van der Waals surface area contributed by atoms with Crippen LogP contribution in [0, 0.1) is 11.3 Å². The second-order valence-electron chi connectivity index (χ2n) is 4.88. The van der Waals surface area contributed by atoms with Gasteiger partial charge in [-0.3, -0.25) is 0 Å². The number of benzene rings is 1. The number of pyridine rings is 1. The highest BCUT2D eigenvalue weighted by Gasteiger charge is 2.18. The van der Waals surface area contributed by atoms with Crippen LogP contribution in [0.5, 0.6) is 0 Å². The molecule has 1 aromatic carbocycles. The molecule has 1 aliphatic rings. The van der Waals surface area contributed by atoms with Crippen molar-refractivity contribution >= 4 is 5.69 Å². The molecule has 0 amide bonds. The maximum atomic E-state index is 8.73. The Kier molecular flexibility index (Phi) is 3.62. The fourth-order valence-corrected chi connectivity index (χ4v) is 2.56. The van der Waals surface area contributed by atoms with Crippen molar-refractivity contribution in [2.75, 3.05) is 18.4 Å². The van der Waals surface area contributed by atoms with Crippen molar-refractivity contribution in [2.24, 2.45) is 0 Å². The molecule has 0 saturated carbocycles. The van der Waals surface area contributed by atoms with E-state index in [1.165, 1.54) is 11.1 Å². The van der Waals surface area contributed by atoms with Gasteiger partial charge in [0.1, 0.15) is 11.8 Å². The normalized spacial score (nSPS) is 17.1. The van der Waals surface area contributed by atoms with Crippen LogP contribution in [0.2, 0.25) is 0 Å². The number of rotatable bonds is 3. The molecular formula is C16H16N4. The Bertz CT molecular complexity index is 628. The minimum Gasteiger partial charge on any atom is -0.382 e. The third-order valence-corrected chi connectivity index (χ3v) is 3.60. The fourth-order valence-electron chi connectivity index (χ4n) is 2.56. The van der Waals surface area contributed by atoms with Gasteiger partial charge in [0.05, 0.1) is 11.9 Å². The van der Waals surface area contributed by atoms with Crippen LogP contribution in [0.4, 0.5) is 5.69 Å². The molecule has 0 bridgehead atoms. The van der Waals surface area contributed by atoms with Gasteiger partial charge in [-0.25, -0.2) is 4.98 Å². The molecule has 0 radical (unpaired) electrons. The van der Waals surface area contributed by atoms with Crippen molar-refractivity contribution < 1.29 is 0 Å². The first-order chi connectivity index (χ1) is 9.86. The second kappa shape index (κ2) is 5.72. The van der Waals surface area contributed by atoms with Crippen molar-refractivity contribution in [1.82, 2.24) is 10.3 Å². The first-order valence-electron chi connectivity index (χ1n) is 6.78. The first-order valence-corrected chi connectivity index (χ1v) is 6.78. The van der Waals surface area contributed by atoms with Crippen LogP contribution in [0.15, 0.2) is 42.6 Å². The van der Waals surface area contributed by atoms with E-state index in [0.29, 0.717) is 11.7 Å². The van der Waals surface area contributed by atoms with E-state index in [9.17, 15) is 0 Å². The maximum Gasteiger partial charge on any atom is 0.140 e. The fraction of sp³-hybridized carbons (Fsp3) is 0.250. The summed E-state index contributed by atoms with van der Waals surface area (Å²) >= 11 is 0. The van der Waals surface area contributed by atoms with Gasteiger partial charge in [0.2, 0.25) is 0 Å². The van der Waals surface area contributed by atoms with E-state index in [2.05, 4.69) is 39.9 Å². The second-order valence-corrected chi connectivity index (χ2v) is 4.88. The van der Waals surface area contributed by atoms with Gasteiger partial charge in [0, 0.05) is 12.6 Å². The van der Waals surface area contributed by atoms with Crippen molar-refractivity contribution in [3.05, 3.63) is 59.4 Å². The van der Waals surface area contributed by atoms with E-state index in [-0.39, 0.29) is 0 Å². The van der Waals surface area contributed by atoms with Gasteiger partial charge in [0.15, 0.2) is 0 Å². The highest BCUT2D eigenvalue weighted by atomic mass is 15.0. The minimum atomic E-state index is 0.315. The van der Waals surface area contributed by atoms with Gasteiger partial charge < -0.3 is 10.6 Å². The van der Waals surface area contributed by atoms with Crippen molar-refractivity contribution in [3.63, 3.8) is 0 Å². The molecule has 3 rings (SSSR count). The van der Waals surface area contributed by atoms with Gasteiger partial charge in [-0.2, -0.15) is 5.26 Å². The van der Waals surface area contributed by atoms with Crippen molar-refractivity contribution in [1.29, 1.82) is 5.26 Å². The molecule has 4 nitrogen and oxygen atoms in total. The lowest BCUT2D eigenvalue weighted by Crippen LogP contribution is -2.34. The molecule has 0 spiro atoms. The Balaban J connectivity index is 1.68. The minimum absolute atomic E-state index is 0.315. The summed E-state index contributed by atoms with van der Waals surface area (Å²) in [6.07, 6.45) is 2.79. The first kappa shape index (κ1) is 12.6. The lowest BCUT2D eigenvalue weighted by molar-refractivity contribution is 0.523. The average Bonchev–Trinajstić information content (AvgIpc) is 2.53. The van der Waals surface area contributed by atoms with Gasteiger partial charge in [-0.05, 0) is 36.2 Å². The largest absolute Gasteiger partial charge is 0.382 e. The van der Waals surface area contributed by atoms with Crippen LogP contribution >= 0.6 is 0 Å². The molecule has 0 fully saturated rings. The Morgan fingerprint density at radius 3 is 3.00 bits per heavy atom. The quantitative estimate of drug-likeness (QED) is 0.892. The summed E-state index contributed by atoms with van der Waals surface area (Å²) in [5.41, 5.74) is 4.18. The predicted molar refractivity (Wildman–Crippen MR) is 78.3 cm³/mol. The molecule has 0 aliphatic carbocycles. The molecule has 100 valence electrons. The molecule has 2 N–H and O–H groups in total. The monoisotopic (exact) mass is 264 g/mol.